The molecular weight excluding hydrogens is 162 g/mol. The quantitative estimate of drug-likeness (QED) is 0.563. The van der Waals surface area contributed by atoms with E-state index in [1.54, 1.807) is 0 Å². The van der Waals surface area contributed by atoms with Crippen LogP contribution in [0.5, 0.6) is 0 Å². The zero-order valence-electron chi connectivity index (χ0n) is 8.46. The summed E-state index contributed by atoms with van der Waals surface area (Å²) in [4.78, 5) is 2.55. The maximum Gasteiger partial charge on any atom is 0.0719 e. The average molecular weight is 181 g/mol. The van der Waals surface area contributed by atoms with E-state index in [4.69, 9.17) is 4.74 Å². The summed E-state index contributed by atoms with van der Waals surface area (Å²) in [5.74, 6) is 0.986. The van der Waals surface area contributed by atoms with Gasteiger partial charge in [0.2, 0.25) is 0 Å². The third-order valence-corrected chi connectivity index (χ3v) is 4.48. The number of fused-ring (bicyclic) bond motifs is 1. The van der Waals surface area contributed by atoms with Gasteiger partial charge in [-0.3, -0.25) is 0 Å². The first-order chi connectivity index (χ1) is 6.29. The van der Waals surface area contributed by atoms with Crippen LogP contribution in [0.3, 0.4) is 0 Å². The van der Waals surface area contributed by atoms with Crippen molar-refractivity contribution in [3.8, 4) is 0 Å². The molecule has 2 aliphatic heterocycles. The highest BCUT2D eigenvalue weighted by molar-refractivity contribution is 5.01. The molecule has 0 N–H and O–H groups in total. The van der Waals surface area contributed by atoms with E-state index >= 15 is 0 Å². The second-order valence-electron chi connectivity index (χ2n) is 5.12. The number of ether oxygens (including phenoxy) is 1. The second kappa shape index (κ2) is 2.71. The zero-order chi connectivity index (χ0) is 8.89. The summed E-state index contributed by atoms with van der Waals surface area (Å²) in [6.07, 6.45) is 6.81. The fourth-order valence-corrected chi connectivity index (χ4v) is 3.43. The molecule has 74 valence electrons. The van der Waals surface area contributed by atoms with E-state index in [9.17, 15) is 0 Å². The molecule has 2 saturated heterocycles. The number of hydrogen-bond acceptors (Lipinski definition) is 2. The first kappa shape index (κ1) is 8.25. The van der Waals surface area contributed by atoms with Gasteiger partial charge in [-0.1, -0.05) is 0 Å². The molecule has 0 bridgehead atoms. The fourth-order valence-electron chi connectivity index (χ4n) is 3.43. The lowest BCUT2D eigenvalue weighted by Gasteiger charge is -2.49. The Balaban J connectivity index is 1.75. The Bertz CT molecular complexity index is 212. The van der Waals surface area contributed by atoms with Crippen molar-refractivity contribution in [1.29, 1.82) is 0 Å². The van der Waals surface area contributed by atoms with Gasteiger partial charge in [0.25, 0.3) is 0 Å². The molecule has 3 aliphatic rings. The second-order valence-corrected chi connectivity index (χ2v) is 5.12. The molecule has 2 nitrogen and oxygen atoms in total. The molecule has 1 spiro atoms. The van der Waals surface area contributed by atoms with Gasteiger partial charge in [0, 0.05) is 6.04 Å². The largest absolute Gasteiger partial charge is 0.375 e. The highest BCUT2D eigenvalue weighted by atomic mass is 16.5. The van der Waals surface area contributed by atoms with Gasteiger partial charge in [-0.05, 0) is 51.6 Å². The maximum atomic E-state index is 5.79. The molecule has 0 amide bonds. The average Bonchev–Trinajstić information content (AvgIpc) is 2.45. The number of hydrogen-bond donors (Lipinski definition) is 0. The lowest BCUT2D eigenvalue weighted by atomic mass is 9.72. The van der Waals surface area contributed by atoms with Crippen LogP contribution < -0.4 is 0 Å². The van der Waals surface area contributed by atoms with Crippen molar-refractivity contribution < 1.29 is 4.74 Å². The summed E-state index contributed by atoms with van der Waals surface area (Å²) in [7, 11) is 2.28. The summed E-state index contributed by atoms with van der Waals surface area (Å²) in [6, 6.07) is 0.842. The first-order valence-electron chi connectivity index (χ1n) is 5.63. The predicted octanol–water partition coefficient (Wildman–Crippen LogP) is 1.65. The SMILES string of the molecule is CN1CCC2CCC3(CCO3)CC21. The van der Waals surface area contributed by atoms with Crippen molar-refractivity contribution in [2.45, 2.75) is 43.7 Å². The fraction of sp³-hybridized carbons (Fsp3) is 1.00. The normalized spacial score (nSPS) is 50.5. The molecule has 3 atom stereocenters. The van der Waals surface area contributed by atoms with Crippen molar-refractivity contribution in [2.24, 2.45) is 5.92 Å². The molecule has 2 heterocycles. The number of rotatable bonds is 0. The molecule has 0 radical (unpaired) electrons. The van der Waals surface area contributed by atoms with Crippen LogP contribution in [0, 0.1) is 5.92 Å². The minimum absolute atomic E-state index is 0.333. The van der Waals surface area contributed by atoms with Gasteiger partial charge >= 0.3 is 0 Å². The molecule has 2 heteroatoms. The Hall–Kier alpha value is -0.0800. The van der Waals surface area contributed by atoms with Crippen LogP contribution in [-0.4, -0.2) is 36.7 Å². The first-order valence-corrected chi connectivity index (χ1v) is 5.63. The van der Waals surface area contributed by atoms with Gasteiger partial charge < -0.3 is 9.64 Å². The predicted molar refractivity (Wildman–Crippen MR) is 51.7 cm³/mol. The molecule has 3 fully saturated rings. The summed E-state index contributed by atoms with van der Waals surface area (Å²) >= 11 is 0. The van der Waals surface area contributed by atoms with Gasteiger partial charge in [0.1, 0.15) is 0 Å². The molecule has 1 aliphatic carbocycles. The molecular formula is C11H19NO. The number of nitrogens with zero attached hydrogens (tertiary/aromatic N) is 1. The maximum absolute atomic E-state index is 5.79. The molecule has 0 aromatic rings. The van der Waals surface area contributed by atoms with E-state index in [0.29, 0.717) is 5.60 Å². The van der Waals surface area contributed by atoms with Crippen LogP contribution in [0.4, 0.5) is 0 Å². The molecule has 13 heavy (non-hydrogen) atoms. The Morgan fingerprint density at radius 1 is 1.31 bits per heavy atom. The minimum atomic E-state index is 0.333. The monoisotopic (exact) mass is 181 g/mol. The Kier molecular flexibility index (Phi) is 1.72. The molecule has 0 aromatic heterocycles. The third kappa shape index (κ3) is 1.15. The Morgan fingerprint density at radius 2 is 2.15 bits per heavy atom. The summed E-state index contributed by atoms with van der Waals surface area (Å²) in [6.45, 7) is 2.33. The van der Waals surface area contributed by atoms with Gasteiger partial charge in [-0.25, -0.2) is 0 Å². The van der Waals surface area contributed by atoms with E-state index in [0.717, 1.165) is 18.6 Å². The summed E-state index contributed by atoms with van der Waals surface area (Å²) in [5, 5.41) is 0. The van der Waals surface area contributed by atoms with E-state index in [1.807, 2.05) is 0 Å². The van der Waals surface area contributed by atoms with Gasteiger partial charge in [0.15, 0.2) is 0 Å². The molecule has 3 rings (SSSR count). The lowest BCUT2D eigenvalue weighted by molar-refractivity contribution is -0.178. The molecule has 1 saturated carbocycles. The third-order valence-electron chi connectivity index (χ3n) is 4.48. The highest BCUT2D eigenvalue weighted by Crippen LogP contribution is 2.46. The van der Waals surface area contributed by atoms with Crippen LogP contribution in [0.2, 0.25) is 0 Å². The van der Waals surface area contributed by atoms with Gasteiger partial charge in [0.05, 0.1) is 12.2 Å². The lowest BCUT2D eigenvalue weighted by Crippen LogP contribution is -2.52. The van der Waals surface area contributed by atoms with Crippen molar-refractivity contribution in [3.63, 3.8) is 0 Å². The standard InChI is InChI=1S/C11H19NO/c1-12-6-3-9-2-4-11(5-7-13-11)8-10(9)12/h9-10H,2-8H2,1H3. The summed E-state index contributed by atoms with van der Waals surface area (Å²) < 4.78 is 5.79. The van der Waals surface area contributed by atoms with Crippen LogP contribution in [0.1, 0.15) is 32.1 Å². The summed E-state index contributed by atoms with van der Waals surface area (Å²) in [5.41, 5.74) is 0.333. The molecule has 3 unspecified atom stereocenters. The van der Waals surface area contributed by atoms with E-state index in [2.05, 4.69) is 11.9 Å². The zero-order valence-corrected chi connectivity index (χ0v) is 8.46. The Morgan fingerprint density at radius 3 is 2.85 bits per heavy atom. The van der Waals surface area contributed by atoms with Crippen LogP contribution in [0.15, 0.2) is 0 Å². The van der Waals surface area contributed by atoms with Crippen molar-refractivity contribution in [2.75, 3.05) is 20.2 Å². The topological polar surface area (TPSA) is 12.5 Å². The van der Waals surface area contributed by atoms with Crippen LogP contribution in [0.25, 0.3) is 0 Å². The van der Waals surface area contributed by atoms with E-state index in [-0.39, 0.29) is 0 Å². The van der Waals surface area contributed by atoms with E-state index in [1.165, 1.54) is 38.6 Å². The minimum Gasteiger partial charge on any atom is -0.375 e. The molecule has 0 aromatic carbocycles. The van der Waals surface area contributed by atoms with Crippen molar-refractivity contribution in [3.05, 3.63) is 0 Å². The van der Waals surface area contributed by atoms with Crippen molar-refractivity contribution in [1.82, 2.24) is 4.90 Å². The van der Waals surface area contributed by atoms with Crippen LogP contribution in [-0.2, 0) is 4.74 Å². The van der Waals surface area contributed by atoms with E-state index < -0.39 is 0 Å². The Labute approximate surface area is 80.2 Å². The number of likely N-dealkylation sites (tertiary alicyclic amines) is 1. The van der Waals surface area contributed by atoms with Crippen molar-refractivity contribution >= 4 is 0 Å². The smallest absolute Gasteiger partial charge is 0.0719 e. The van der Waals surface area contributed by atoms with Crippen LogP contribution >= 0.6 is 0 Å². The highest BCUT2D eigenvalue weighted by Gasteiger charge is 2.48. The van der Waals surface area contributed by atoms with Gasteiger partial charge in [-0.2, -0.15) is 0 Å². The van der Waals surface area contributed by atoms with Gasteiger partial charge in [-0.15, -0.1) is 0 Å².